The number of methoxy groups -OCH3 is 1. The van der Waals surface area contributed by atoms with Gasteiger partial charge in [0.05, 0.1) is 13.3 Å². The highest BCUT2D eigenvalue weighted by atomic mass is 16.5. The SMILES string of the molecule is COc1ccccc1Cc1nc(C2CCn3nccc3C2)n(-c2ccnn2C)n1. The van der Waals surface area contributed by atoms with Gasteiger partial charge in [-0.15, -0.1) is 5.10 Å². The molecule has 148 valence electrons. The Bertz CT molecular complexity index is 1140. The Labute approximate surface area is 168 Å². The van der Waals surface area contributed by atoms with Crippen molar-refractivity contribution in [1.29, 1.82) is 0 Å². The molecule has 0 N–H and O–H groups in total. The van der Waals surface area contributed by atoms with Crippen molar-refractivity contribution in [2.45, 2.75) is 31.7 Å². The maximum atomic E-state index is 5.51. The van der Waals surface area contributed by atoms with Crippen molar-refractivity contribution < 1.29 is 4.74 Å². The van der Waals surface area contributed by atoms with Gasteiger partial charge in [-0.2, -0.15) is 14.9 Å². The van der Waals surface area contributed by atoms with Crippen molar-refractivity contribution in [3.63, 3.8) is 0 Å². The molecule has 0 saturated heterocycles. The molecule has 1 atom stereocenters. The van der Waals surface area contributed by atoms with Gasteiger partial charge in [-0.3, -0.25) is 9.36 Å². The van der Waals surface area contributed by atoms with E-state index in [9.17, 15) is 0 Å². The number of aryl methyl sites for hydroxylation is 2. The predicted octanol–water partition coefficient (Wildman–Crippen LogP) is 2.53. The van der Waals surface area contributed by atoms with Crippen LogP contribution in [-0.2, 0) is 26.4 Å². The number of hydrogen-bond acceptors (Lipinski definition) is 5. The number of aromatic nitrogens is 7. The molecule has 1 aliphatic heterocycles. The van der Waals surface area contributed by atoms with Crippen LogP contribution in [0.1, 0.15) is 35.2 Å². The third kappa shape index (κ3) is 3.20. The van der Waals surface area contributed by atoms with E-state index < -0.39 is 0 Å². The molecule has 5 rings (SSSR count). The fourth-order valence-electron chi connectivity index (χ4n) is 4.06. The van der Waals surface area contributed by atoms with Crippen LogP contribution in [-0.4, -0.2) is 41.4 Å². The number of para-hydroxylation sites is 1. The summed E-state index contributed by atoms with van der Waals surface area (Å²) in [5.74, 6) is 3.81. The van der Waals surface area contributed by atoms with Crippen LogP contribution in [0.2, 0.25) is 0 Å². The lowest BCUT2D eigenvalue weighted by Gasteiger charge is -2.22. The van der Waals surface area contributed by atoms with Gasteiger partial charge in [0.25, 0.3) is 0 Å². The summed E-state index contributed by atoms with van der Waals surface area (Å²) in [7, 11) is 3.62. The maximum Gasteiger partial charge on any atom is 0.155 e. The predicted molar refractivity (Wildman–Crippen MR) is 107 cm³/mol. The quantitative estimate of drug-likeness (QED) is 0.524. The number of nitrogens with zero attached hydrogens (tertiary/aromatic N) is 7. The molecule has 8 heteroatoms. The van der Waals surface area contributed by atoms with Gasteiger partial charge in [-0.25, -0.2) is 4.98 Å². The number of rotatable bonds is 5. The van der Waals surface area contributed by atoms with E-state index in [0.29, 0.717) is 6.42 Å². The Morgan fingerprint density at radius 1 is 1.10 bits per heavy atom. The van der Waals surface area contributed by atoms with E-state index in [1.54, 1.807) is 13.3 Å². The first-order chi connectivity index (χ1) is 14.2. The molecule has 0 saturated carbocycles. The van der Waals surface area contributed by atoms with Crippen molar-refractivity contribution in [2.24, 2.45) is 7.05 Å². The fourth-order valence-corrected chi connectivity index (χ4v) is 4.06. The molecule has 3 aromatic heterocycles. The molecule has 0 amide bonds. The number of hydrogen-bond donors (Lipinski definition) is 0. The van der Waals surface area contributed by atoms with Crippen molar-refractivity contribution in [2.75, 3.05) is 7.11 Å². The average molecular weight is 389 g/mol. The summed E-state index contributed by atoms with van der Waals surface area (Å²) < 4.78 is 11.4. The molecule has 8 nitrogen and oxygen atoms in total. The Morgan fingerprint density at radius 3 is 2.79 bits per heavy atom. The summed E-state index contributed by atoms with van der Waals surface area (Å²) in [4.78, 5) is 4.98. The van der Waals surface area contributed by atoms with Crippen LogP contribution in [0.25, 0.3) is 5.82 Å². The highest BCUT2D eigenvalue weighted by molar-refractivity contribution is 5.35. The van der Waals surface area contributed by atoms with Crippen LogP contribution in [0.4, 0.5) is 0 Å². The fraction of sp³-hybridized carbons (Fsp3) is 0.333. The van der Waals surface area contributed by atoms with E-state index in [1.165, 1.54) is 5.69 Å². The van der Waals surface area contributed by atoms with Crippen molar-refractivity contribution >= 4 is 0 Å². The molecule has 0 radical (unpaired) electrons. The Kier molecular flexibility index (Phi) is 4.38. The zero-order valence-corrected chi connectivity index (χ0v) is 16.6. The molecular weight excluding hydrogens is 366 g/mol. The summed E-state index contributed by atoms with van der Waals surface area (Å²) in [6, 6.07) is 12.1. The minimum atomic E-state index is 0.285. The van der Waals surface area contributed by atoms with Crippen molar-refractivity contribution in [1.82, 2.24) is 34.3 Å². The van der Waals surface area contributed by atoms with Crippen LogP contribution in [0.5, 0.6) is 5.75 Å². The van der Waals surface area contributed by atoms with Crippen LogP contribution in [0, 0.1) is 0 Å². The first kappa shape index (κ1) is 17.7. The molecule has 1 unspecified atom stereocenters. The molecule has 0 aliphatic carbocycles. The normalized spacial score (nSPS) is 16.0. The molecule has 29 heavy (non-hydrogen) atoms. The van der Waals surface area contributed by atoms with Gasteiger partial charge in [0, 0.05) is 49.5 Å². The van der Waals surface area contributed by atoms with Gasteiger partial charge >= 0.3 is 0 Å². The Morgan fingerprint density at radius 2 is 1.97 bits per heavy atom. The standard InChI is InChI=1S/C21H23N7O/c1-26-20(8-11-22-26)28-21(16-9-12-27-17(13-16)7-10-23-27)24-19(25-28)14-15-5-3-4-6-18(15)29-2/h3-8,10-11,16H,9,12-14H2,1-2H3. The molecule has 4 aromatic rings. The zero-order chi connectivity index (χ0) is 19.8. The second kappa shape index (κ2) is 7.20. The van der Waals surface area contributed by atoms with Crippen molar-refractivity contribution in [3.8, 4) is 11.6 Å². The summed E-state index contributed by atoms with van der Waals surface area (Å²) in [5.41, 5.74) is 2.32. The molecule has 0 spiro atoms. The molecule has 0 fully saturated rings. The van der Waals surface area contributed by atoms with Crippen LogP contribution < -0.4 is 4.74 Å². The number of ether oxygens (including phenoxy) is 1. The van der Waals surface area contributed by atoms with Gasteiger partial charge in [-0.05, 0) is 25.0 Å². The minimum Gasteiger partial charge on any atom is -0.496 e. The second-order valence-corrected chi connectivity index (χ2v) is 7.34. The Hall–Kier alpha value is -3.42. The summed E-state index contributed by atoms with van der Waals surface area (Å²) >= 11 is 0. The number of benzene rings is 1. The first-order valence-corrected chi connectivity index (χ1v) is 9.79. The summed E-state index contributed by atoms with van der Waals surface area (Å²) in [5, 5.41) is 13.6. The van der Waals surface area contributed by atoms with Gasteiger partial charge in [0.1, 0.15) is 11.6 Å². The molecule has 4 heterocycles. The van der Waals surface area contributed by atoms with Crippen LogP contribution in [0.15, 0.2) is 48.8 Å². The topological polar surface area (TPSA) is 75.6 Å². The highest BCUT2D eigenvalue weighted by Crippen LogP contribution is 2.30. The van der Waals surface area contributed by atoms with E-state index in [1.807, 2.05) is 46.9 Å². The van der Waals surface area contributed by atoms with Crippen LogP contribution >= 0.6 is 0 Å². The minimum absolute atomic E-state index is 0.285. The third-order valence-electron chi connectivity index (χ3n) is 5.54. The lowest BCUT2D eigenvalue weighted by atomic mass is 9.95. The van der Waals surface area contributed by atoms with Gasteiger partial charge in [-0.1, -0.05) is 18.2 Å². The van der Waals surface area contributed by atoms with Crippen molar-refractivity contribution in [3.05, 3.63) is 71.7 Å². The first-order valence-electron chi connectivity index (χ1n) is 9.79. The Balaban J connectivity index is 1.54. The van der Waals surface area contributed by atoms with Crippen LogP contribution in [0.3, 0.4) is 0 Å². The lowest BCUT2D eigenvalue weighted by Crippen LogP contribution is -2.21. The maximum absolute atomic E-state index is 5.51. The number of fused-ring (bicyclic) bond motifs is 1. The lowest BCUT2D eigenvalue weighted by molar-refractivity contribution is 0.410. The van der Waals surface area contributed by atoms with Gasteiger partial charge < -0.3 is 4.74 Å². The van der Waals surface area contributed by atoms with E-state index in [4.69, 9.17) is 14.8 Å². The summed E-state index contributed by atoms with van der Waals surface area (Å²) in [6.07, 6.45) is 6.17. The van der Waals surface area contributed by atoms with E-state index in [-0.39, 0.29) is 5.92 Å². The monoisotopic (exact) mass is 389 g/mol. The third-order valence-corrected chi connectivity index (χ3v) is 5.54. The molecule has 1 aromatic carbocycles. The molecule has 1 aliphatic rings. The largest absolute Gasteiger partial charge is 0.496 e. The highest BCUT2D eigenvalue weighted by Gasteiger charge is 2.27. The average Bonchev–Trinajstić information content (AvgIpc) is 3.47. The van der Waals surface area contributed by atoms with Gasteiger partial charge in [0.15, 0.2) is 11.6 Å². The molecule has 0 bridgehead atoms. The van der Waals surface area contributed by atoms with E-state index in [0.717, 1.165) is 48.2 Å². The smallest absolute Gasteiger partial charge is 0.155 e. The second-order valence-electron chi connectivity index (χ2n) is 7.34. The molecular formula is C21H23N7O. The van der Waals surface area contributed by atoms with E-state index in [2.05, 4.69) is 27.0 Å². The van der Waals surface area contributed by atoms with Gasteiger partial charge in [0.2, 0.25) is 0 Å². The summed E-state index contributed by atoms with van der Waals surface area (Å²) in [6.45, 7) is 0.896. The van der Waals surface area contributed by atoms with E-state index >= 15 is 0 Å². The zero-order valence-electron chi connectivity index (χ0n) is 16.6.